The standard InChI is InChI=1S/C13H11F3N2O4/c1-22-3-2-10(19)6-4-7-9(5-8(6)13(14,15)16)17-12(21)18-11(7)20/h4-5H,2-3H2,1H3,(H2,17,18,20,21). The number of H-pyrrole nitrogens is 2. The van der Waals surface area contributed by atoms with Crippen molar-refractivity contribution in [3.63, 3.8) is 0 Å². The maximum atomic E-state index is 13.1. The third-order valence-corrected chi connectivity index (χ3v) is 3.02. The van der Waals surface area contributed by atoms with Crippen molar-refractivity contribution in [2.24, 2.45) is 0 Å². The van der Waals surface area contributed by atoms with Gasteiger partial charge in [0.15, 0.2) is 5.78 Å². The molecule has 2 aromatic rings. The van der Waals surface area contributed by atoms with Crippen LogP contribution in [0.15, 0.2) is 21.7 Å². The Bertz CT molecular complexity index is 836. The molecule has 0 unspecified atom stereocenters. The lowest BCUT2D eigenvalue weighted by atomic mass is 9.99. The first-order valence-electron chi connectivity index (χ1n) is 6.13. The summed E-state index contributed by atoms with van der Waals surface area (Å²) >= 11 is 0. The van der Waals surface area contributed by atoms with E-state index in [1.54, 1.807) is 0 Å². The van der Waals surface area contributed by atoms with Crippen molar-refractivity contribution in [1.82, 2.24) is 9.97 Å². The molecule has 0 radical (unpaired) electrons. The summed E-state index contributed by atoms with van der Waals surface area (Å²) in [5, 5.41) is -0.201. The Morgan fingerprint density at radius 1 is 1.23 bits per heavy atom. The van der Waals surface area contributed by atoms with Crippen LogP contribution >= 0.6 is 0 Å². The van der Waals surface area contributed by atoms with E-state index >= 15 is 0 Å². The molecule has 0 aliphatic carbocycles. The van der Waals surface area contributed by atoms with E-state index in [2.05, 4.69) is 9.72 Å². The van der Waals surface area contributed by atoms with Crippen LogP contribution < -0.4 is 11.2 Å². The first kappa shape index (κ1) is 16.0. The fourth-order valence-electron chi connectivity index (χ4n) is 2.01. The second-order valence-electron chi connectivity index (χ2n) is 4.52. The molecule has 9 heteroatoms. The SMILES string of the molecule is COCCC(=O)c1cc2c(=O)[nH]c(=O)[nH]c2cc1C(F)(F)F. The summed E-state index contributed by atoms with van der Waals surface area (Å²) in [6.45, 7) is -0.0455. The van der Waals surface area contributed by atoms with Gasteiger partial charge in [0.1, 0.15) is 0 Å². The van der Waals surface area contributed by atoms with Crippen molar-refractivity contribution >= 4 is 16.7 Å². The van der Waals surface area contributed by atoms with Gasteiger partial charge in [-0.3, -0.25) is 14.6 Å². The number of carbonyl (C=O) groups is 1. The molecule has 0 saturated heterocycles. The van der Waals surface area contributed by atoms with Gasteiger partial charge in [0.05, 0.1) is 23.1 Å². The number of fused-ring (bicyclic) bond motifs is 1. The molecule has 0 spiro atoms. The van der Waals surface area contributed by atoms with Crippen LogP contribution in [-0.4, -0.2) is 29.5 Å². The lowest BCUT2D eigenvalue weighted by molar-refractivity contribution is -0.137. The summed E-state index contributed by atoms with van der Waals surface area (Å²) in [6, 6.07) is 1.43. The summed E-state index contributed by atoms with van der Waals surface area (Å²) < 4.78 is 44.0. The quantitative estimate of drug-likeness (QED) is 0.835. The van der Waals surface area contributed by atoms with E-state index in [9.17, 15) is 27.6 Å². The number of rotatable bonds is 4. The van der Waals surface area contributed by atoms with Crippen LogP contribution in [-0.2, 0) is 10.9 Å². The van der Waals surface area contributed by atoms with Crippen LogP contribution in [0.4, 0.5) is 13.2 Å². The van der Waals surface area contributed by atoms with Crippen molar-refractivity contribution in [3.05, 3.63) is 44.1 Å². The van der Waals surface area contributed by atoms with Gasteiger partial charge >= 0.3 is 11.9 Å². The molecule has 0 aliphatic heterocycles. The lowest BCUT2D eigenvalue weighted by Crippen LogP contribution is -2.23. The van der Waals surface area contributed by atoms with Crippen LogP contribution in [0.5, 0.6) is 0 Å². The van der Waals surface area contributed by atoms with Crippen LogP contribution in [0, 0.1) is 0 Å². The number of alkyl halides is 3. The number of carbonyl (C=O) groups excluding carboxylic acids is 1. The average molecular weight is 316 g/mol. The van der Waals surface area contributed by atoms with Crippen LogP contribution in [0.3, 0.4) is 0 Å². The van der Waals surface area contributed by atoms with Gasteiger partial charge in [-0.25, -0.2) is 4.79 Å². The van der Waals surface area contributed by atoms with E-state index in [1.807, 2.05) is 4.98 Å². The number of benzene rings is 1. The van der Waals surface area contributed by atoms with Crippen molar-refractivity contribution in [3.8, 4) is 0 Å². The van der Waals surface area contributed by atoms with Crippen LogP contribution in [0.1, 0.15) is 22.3 Å². The minimum atomic E-state index is -4.80. The molecular formula is C13H11F3N2O4. The van der Waals surface area contributed by atoms with E-state index in [-0.39, 0.29) is 23.9 Å². The highest BCUT2D eigenvalue weighted by Crippen LogP contribution is 2.34. The number of ether oxygens (including phenoxy) is 1. The summed E-state index contributed by atoms with van der Waals surface area (Å²) in [5.41, 5.74) is -3.92. The van der Waals surface area contributed by atoms with Gasteiger partial charge < -0.3 is 9.72 Å². The van der Waals surface area contributed by atoms with E-state index in [0.717, 1.165) is 6.07 Å². The Morgan fingerprint density at radius 3 is 2.50 bits per heavy atom. The third-order valence-electron chi connectivity index (χ3n) is 3.02. The second-order valence-corrected chi connectivity index (χ2v) is 4.52. The predicted molar refractivity (Wildman–Crippen MR) is 71.0 cm³/mol. The van der Waals surface area contributed by atoms with E-state index in [4.69, 9.17) is 0 Å². The molecule has 1 aromatic carbocycles. The molecule has 2 N–H and O–H groups in total. The van der Waals surface area contributed by atoms with Gasteiger partial charge in [-0.2, -0.15) is 13.2 Å². The molecule has 22 heavy (non-hydrogen) atoms. The maximum Gasteiger partial charge on any atom is 0.417 e. The molecular weight excluding hydrogens is 305 g/mol. The average Bonchev–Trinajstić information content (AvgIpc) is 2.42. The van der Waals surface area contributed by atoms with Gasteiger partial charge in [-0.1, -0.05) is 0 Å². The third kappa shape index (κ3) is 3.08. The summed E-state index contributed by atoms with van der Waals surface area (Å²) in [4.78, 5) is 38.7. The highest BCUT2D eigenvalue weighted by molar-refractivity contribution is 6.01. The Labute approximate surface area is 120 Å². The molecule has 0 fully saturated rings. The van der Waals surface area contributed by atoms with Crippen molar-refractivity contribution in [2.45, 2.75) is 12.6 Å². The van der Waals surface area contributed by atoms with Gasteiger partial charge in [0.2, 0.25) is 0 Å². The molecule has 2 rings (SSSR count). The van der Waals surface area contributed by atoms with E-state index < -0.39 is 34.3 Å². The zero-order valence-electron chi connectivity index (χ0n) is 11.3. The van der Waals surface area contributed by atoms with Crippen molar-refractivity contribution in [2.75, 3.05) is 13.7 Å². The highest BCUT2D eigenvalue weighted by Gasteiger charge is 2.35. The summed E-state index contributed by atoms with van der Waals surface area (Å²) in [6.07, 6.45) is -5.06. The van der Waals surface area contributed by atoms with Gasteiger partial charge in [-0.15, -0.1) is 0 Å². The first-order chi connectivity index (χ1) is 10.2. The minimum absolute atomic E-state index is 0.0455. The topological polar surface area (TPSA) is 92.0 Å². The number of hydrogen-bond acceptors (Lipinski definition) is 4. The Kier molecular flexibility index (Phi) is 4.18. The highest BCUT2D eigenvalue weighted by atomic mass is 19.4. The predicted octanol–water partition coefficient (Wildman–Crippen LogP) is 1.45. The lowest BCUT2D eigenvalue weighted by Gasteiger charge is -2.13. The molecule has 1 aromatic heterocycles. The monoisotopic (exact) mass is 316 g/mol. The number of ketones is 1. The number of aromatic nitrogens is 2. The van der Waals surface area contributed by atoms with Gasteiger partial charge in [0.25, 0.3) is 5.56 Å². The number of nitrogens with one attached hydrogen (secondary N) is 2. The number of methoxy groups -OCH3 is 1. The molecule has 0 saturated carbocycles. The molecule has 1 heterocycles. The van der Waals surface area contributed by atoms with Gasteiger partial charge in [-0.05, 0) is 12.1 Å². The zero-order chi connectivity index (χ0) is 16.5. The summed E-state index contributed by atoms with van der Waals surface area (Å²) in [7, 11) is 1.31. The van der Waals surface area contributed by atoms with Crippen LogP contribution in [0.2, 0.25) is 0 Å². The Morgan fingerprint density at radius 2 is 1.91 bits per heavy atom. The molecule has 6 nitrogen and oxygen atoms in total. The van der Waals surface area contributed by atoms with Crippen molar-refractivity contribution < 1.29 is 22.7 Å². The maximum absolute atomic E-state index is 13.1. The minimum Gasteiger partial charge on any atom is -0.384 e. The van der Waals surface area contributed by atoms with Crippen LogP contribution in [0.25, 0.3) is 10.9 Å². The normalized spacial score (nSPS) is 11.8. The zero-order valence-corrected chi connectivity index (χ0v) is 11.3. The Balaban J connectivity index is 2.74. The molecule has 0 aliphatic rings. The first-order valence-corrected chi connectivity index (χ1v) is 6.13. The molecule has 0 atom stereocenters. The molecule has 118 valence electrons. The fourth-order valence-corrected chi connectivity index (χ4v) is 2.01. The fraction of sp³-hybridized carbons (Fsp3) is 0.308. The number of Topliss-reactive ketones (excluding diaryl/α,β-unsaturated/α-hetero) is 1. The summed E-state index contributed by atoms with van der Waals surface area (Å²) in [5.74, 6) is -0.804. The van der Waals surface area contributed by atoms with E-state index in [0.29, 0.717) is 6.07 Å². The number of hydrogen-bond donors (Lipinski definition) is 2. The van der Waals surface area contributed by atoms with Crippen molar-refractivity contribution in [1.29, 1.82) is 0 Å². The van der Waals surface area contributed by atoms with E-state index in [1.165, 1.54) is 7.11 Å². The number of halogens is 3. The Hall–Kier alpha value is -2.42. The smallest absolute Gasteiger partial charge is 0.384 e. The molecule has 0 bridgehead atoms. The van der Waals surface area contributed by atoms with Gasteiger partial charge in [0, 0.05) is 19.1 Å². The second kappa shape index (κ2) is 5.76. The molecule has 0 amide bonds. The largest absolute Gasteiger partial charge is 0.417 e. The number of aromatic amines is 2.